The van der Waals surface area contributed by atoms with Crippen LogP contribution in [-0.4, -0.2) is 32.2 Å². The highest BCUT2D eigenvalue weighted by molar-refractivity contribution is 6.42. The monoisotopic (exact) mass is 475 g/mol. The van der Waals surface area contributed by atoms with Crippen molar-refractivity contribution in [3.63, 3.8) is 0 Å². The normalized spacial score (nSPS) is 10.8. The SMILES string of the molecule is COc1ccc(N=Cc2ccc(CNC(=O)C(=O)Nc3ccc(Cl)c(Cl)c3)o2)c(OC)c1. The third-order valence-corrected chi connectivity index (χ3v) is 4.95. The van der Waals surface area contributed by atoms with Crippen LogP contribution in [0.25, 0.3) is 0 Å². The zero-order valence-electron chi connectivity index (χ0n) is 17.1. The van der Waals surface area contributed by atoms with Crippen LogP contribution in [-0.2, 0) is 16.1 Å². The second-order valence-corrected chi connectivity index (χ2v) is 7.18. The highest BCUT2D eigenvalue weighted by Gasteiger charge is 2.15. The predicted octanol–water partition coefficient (Wildman–Crippen LogP) is 4.61. The Morgan fingerprint density at radius 3 is 2.53 bits per heavy atom. The molecule has 0 aliphatic heterocycles. The molecule has 0 saturated carbocycles. The Kier molecular flexibility index (Phi) is 7.75. The molecule has 0 bridgehead atoms. The van der Waals surface area contributed by atoms with Crippen LogP contribution in [0.2, 0.25) is 10.0 Å². The lowest BCUT2D eigenvalue weighted by molar-refractivity contribution is -0.136. The van der Waals surface area contributed by atoms with Gasteiger partial charge in [-0.15, -0.1) is 0 Å². The summed E-state index contributed by atoms with van der Waals surface area (Å²) >= 11 is 11.7. The molecule has 3 rings (SSSR count). The van der Waals surface area contributed by atoms with E-state index in [1.165, 1.54) is 24.4 Å². The fraction of sp³-hybridized carbons (Fsp3) is 0.136. The minimum absolute atomic E-state index is 0.0212. The van der Waals surface area contributed by atoms with E-state index in [0.717, 1.165) is 0 Å². The molecule has 8 nitrogen and oxygen atoms in total. The van der Waals surface area contributed by atoms with E-state index in [4.69, 9.17) is 37.1 Å². The molecule has 10 heteroatoms. The van der Waals surface area contributed by atoms with Gasteiger partial charge in [0.05, 0.1) is 37.0 Å². The quantitative estimate of drug-likeness (QED) is 0.383. The summed E-state index contributed by atoms with van der Waals surface area (Å²) in [4.78, 5) is 28.4. The van der Waals surface area contributed by atoms with Gasteiger partial charge in [-0.25, -0.2) is 4.99 Å². The molecule has 0 saturated heterocycles. The molecule has 166 valence electrons. The van der Waals surface area contributed by atoms with E-state index in [1.807, 2.05) is 0 Å². The lowest BCUT2D eigenvalue weighted by Gasteiger charge is -2.06. The van der Waals surface area contributed by atoms with E-state index >= 15 is 0 Å². The number of benzene rings is 2. The summed E-state index contributed by atoms with van der Waals surface area (Å²) in [6.07, 6.45) is 1.52. The first-order chi connectivity index (χ1) is 15.4. The van der Waals surface area contributed by atoms with Gasteiger partial charge in [0.2, 0.25) is 0 Å². The summed E-state index contributed by atoms with van der Waals surface area (Å²) in [5.41, 5.74) is 0.948. The van der Waals surface area contributed by atoms with Crippen molar-refractivity contribution in [2.45, 2.75) is 6.54 Å². The number of anilines is 1. The summed E-state index contributed by atoms with van der Waals surface area (Å²) in [5, 5.41) is 5.53. The smallest absolute Gasteiger partial charge is 0.313 e. The van der Waals surface area contributed by atoms with Crippen LogP contribution >= 0.6 is 23.2 Å². The Morgan fingerprint density at radius 1 is 1.00 bits per heavy atom. The van der Waals surface area contributed by atoms with Gasteiger partial charge in [0.25, 0.3) is 0 Å². The van der Waals surface area contributed by atoms with Gasteiger partial charge < -0.3 is 24.5 Å². The zero-order chi connectivity index (χ0) is 23.1. The van der Waals surface area contributed by atoms with Crippen LogP contribution in [0.15, 0.2) is 57.9 Å². The molecule has 0 unspecified atom stereocenters. The van der Waals surface area contributed by atoms with Gasteiger partial charge in [0.1, 0.15) is 28.7 Å². The summed E-state index contributed by atoms with van der Waals surface area (Å²) in [6.45, 7) is 0.0212. The van der Waals surface area contributed by atoms with Crippen LogP contribution in [0.5, 0.6) is 11.5 Å². The fourth-order valence-corrected chi connectivity index (χ4v) is 2.89. The van der Waals surface area contributed by atoms with Gasteiger partial charge in [-0.1, -0.05) is 23.2 Å². The lowest BCUT2D eigenvalue weighted by Crippen LogP contribution is -2.34. The largest absolute Gasteiger partial charge is 0.497 e. The van der Waals surface area contributed by atoms with E-state index in [0.29, 0.717) is 39.4 Å². The highest BCUT2D eigenvalue weighted by Crippen LogP contribution is 2.31. The van der Waals surface area contributed by atoms with E-state index in [1.54, 1.807) is 44.6 Å². The van der Waals surface area contributed by atoms with Crippen molar-refractivity contribution in [2.24, 2.45) is 4.99 Å². The van der Waals surface area contributed by atoms with Gasteiger partial charge in [0.15, 0.2) is 0 Å². The topological polar surface area (TPSA) is 102 Å². The standard InChI is InChI=1S/C22H19Cl2N3O5/c1-30-14-6-8-19(20(10-14)31-2)25-11-15-4-5-16(32-15)12-26-21(28)22(29)27-13-3-7-17(23)18(24)9-13/h3-11H,12H2,1-2H3,(H,26,28)(H,27,29). The molecule has 2 amide bonds. The number of carbonyl (C=O) groups is 2. The second kappa shape index (κ2) is 10.7. The molecule has 2 N–H and O–H groups in total. The van der Waals surface area contributed by atoms with Crippen LogP contribution in [0, 0.1) is 0 Å². The van der Waals surface area contributed by atoms with E-state index < -0.39 is 11.8 Å². The zero-order valence-corrected chi connectivity index (χ0v) is 18.7. The molecule has 0 spiro atoms. The first kappa shape index (κ1) is 23.2. The second-order valence-electron chi connectivity index (χ2n) is 6.37. The minimum atomic E-state index is -0.844. The lowest BCUT2D eigenvalue weighted by atomic mass is 10.3. The molecule has 0 aliphatic rings. The van der Waals surface area contributed by atoms with Crippen LogP contribution in [0.3, 0.4) is 0 Å². The van der Waals surface area contributed by atoms with Crippen molar-refractivity contribution in [3.8, 4) is 11.5 Å². The molecule has 1 aromatic heterocycles. The maximum absolute atomic E-state index is 12.0. The Balaban J connectivity index is 1.55. The van der Waals surface area contributed by atoms with Crippen LogP contribution in [0.4, 0.5) is 11.4 Å². The number of rotatable bonds is 7. The number of furan rings is 1. The molecule has 2 aromatic carbocycles. The molecular formula is C22H19Cl2N3O5. The Labute approximate surface area is 194 Å². The molecule has 0 atom stereocenters. The maximum Gasteiger partial charge on any atom is 0.313 e. The first-order valence-corrected chi connectivity index (χ1v) is 10.0. The number of carbonyl (C=O) groups excluding carboxylic acids is 2. The average Bonchev–Trinajstić information content (AvgIpc) is 3.26. The number of amides is 2. The summed E-state index contributed by atoms with van der Waals surface area (Å²) in [6, 6.07) is 13.1. The molecule has 0 fully saturated rings. The Bertz CT molecular complexity index is 1160. The van der Waals surface area contributed by atoms with E-state index in [2.05, 4.69) is 15.6 Å². The Hall–Kier alpha value is -3.49. The van der Waals surface area contributed by atoms with Gasteiger partial charge in [0, 0.05) is 11.8 Å². The number of ether oxygens (including phenoxy) is 2. The number of nitrogens with zero attached hydrogens (tertiary/aromatic N) is 1. The van der Waals surface area contributed by atoms with Crippen molar-refractivity contribution < 1.29 is 23.5 Å². The number of nitrogens with one attached hydrogen (secondary N) is 2. The van der Waals surface area contributed by atoms with Crippen LogP contribution < -0.4 is 20.1 Å². The Morgan fingerprint density at radius 2 is 1.81 bits per heavy atom. The number of methoxy groups -OCH3 is 2. The fourth-order valence-electron chi connectivity index (χ4n) is 2.59. The number of aliphatic imine (C=N–C) groups is 1. The van der Waals surface area contributed by atoms with Gasteiger partial charge in [-0.3, -0.25) is 9.59 Å². The third kappa shape index (κ3) is 6.03. The van der Waals surface area contributed by atoms with Crippen molar-refractivity contribution in [1.29, 1.82) is 0 Å². The molecule has 0 aliphatic carbocycles. The van der Waals surface area contributed by atoms with E-state index in [-0.39, 0.29) is 11.6 Å². The van der Waals surface area contributed by atoms with Gasteiger partial charge in [-0.2, -0.15) is 0 Å². The van der Waals surface area contributed by atoms with Crippen molar-refractivity contribution in [1.82, 2.24) is 5.32 Å². The minimum Gasteiger partial charge on any atom is -0.497 e. The summed E-state index contributed by atoms with van der Waals surface area (Å²) in [5.74, 6) is 0.442. The van der Waals surface area contributed by atoms with Crippen molar-refractivity contribution >= 4 is 52.6 Å². The van der Waals surface area contributed by atoms with E-state index in [9.17, 15) is 9.59 Å². The molecular weight excluding hydrogens is 457 g/mol. The summed E-state index contributed by atoms with van der Waals surface area (Å²) in [7, 11) is 3.11. The molecule has 0 radical (unpaired) electrons. The van der Waals surface area contributed by atoms with Crippen LogP contribution in [0.1, 0.15) is 11.5 Å². The third-order valence-electron chi connectivity index (χ3n) is 4.21. The number of hydrogen-bond acceptors (Lipinski definition) is 6. The molecule has 1 heterocycles. The molecule has 32 heavy (non-hydrogen) atoms. The molecule has 3 aromatic rings. The maximum atomic E-state index is 12.0. The van der Waals surface area contributed by atoms with Gasteiger partial charge >= 0.3 is 11.8 Å². The highest BCUT2D eigenvalue weighted by atomic mass is 35.5. The average molecular weight is 476 g/mol. The van der Waals surface area contributed by atoms with Crippen molar-refractivity contribution in [3.05, 3.63) is 70.1 Å². The summed E-state index contributed by atoms with van der Waals surface area (Å²) < 4.78 is 16.1. The first-order valence-electron chi connectivity index (χ1n) is 9.28. The van der Waals surface area contributed by atoms with Gasteiger partial charge in [-0.05, 0) is 42.5 Å². The number of hydrogen-bond donors (Lipinski definition) is 2. The predicted molar refractivity (Wildman–Crippen MR) is 122 cm³/mol. The number of halogens is 2. The van der Waals surface area contributed by atoms with Crippen molar-refractivity contribution in [2.75, 3.05) is 19.5 Å².